The molecule has 0 saturated carbocycles. The molecule has 1 saturated heterocycles. The van der Waals surface area contributed by atoms with E-state index in [9.17, 15) is 9.59 Å². The average molecular weight is 340 g/mol. The van der Waals surface area contributed by atoms with Crippen molar-refractivity contribution in [2.24, 2.45) is 11.7 Å². The number of hydrogen-bond donors (Lipinski definition) is 1. The predicted molar refractivity (Wildman–Crippen MR) is 95.1 cm³/mol. The van der Waals surface area contributed by atoms with E-state index in [-0.39, 0.29) is 17.7 Å². The number of piperidine rings is 1. The highest BCUT2D eigenvalue weighted by Gasteiger charge is 2.27. The maximum Gasteiger partial charge on any atom is 0.253 e. The van der Waals surface area contributed by atoms with Crippen molar-refractivity contribution >= 4 is 11.8 Å². The van der Waals surface area contributed by atoms with E-state index in [1.807, 2.05) is 48.9 Å². The summed E-state index contributed by atoms with van der Waals surface area (Å²) in [5, 5.41) is 4.46. The zero-order valence-electron chi connectivity index (χ0n) is 14.7. The van der Waals surface area contributed by atoms with Gasteiger partial charge in [0.25, 0.3) is 5.91 Å². The molecule has 25 heavy (non-hydrogen) atoms. The SMILES string of the molecule is Cc1cc(C)n(Cc2ccc(C(=O)N3CCC[C@@H](C(N)=O)C3)cc2)n1. The summed E-state index contributed by atoms with van der Waals surface area (Å²) in [6, 6.07) is 9.65. The van der Waals surface area contributed by atoms with Gasteiger partial charge in [-0.2, -0.15) is 5.10 Å². The summed E-state index contributed by atoms with van der Waals surface area (Å²) in [5.74, 6) is -0.593. The second kappa shape index (κ2) is 7.09. The van der Waals surface area contributed by atoms with Gasteiger partial charge in [0.1, 0.15) is 0 Å². The zero-order valence-corrected chi connectivity index (χ0v) is 14.7. The maximum absolute atomic E-state index is 12.7. The van der Waals surface area contributed by atoms with Gasteiger partial charge < -0.3 is 10.6 Å². The van der Waals surface area contributed by atoms with Gasteiger partial charge in [-0.1, -0.05) is 12.1 Å². The Bertz CT molecular complexity index is 779. The molecule has 3 rings (SSSR count). The van der Waals surface area contributed by atoms with Crippen LogP contribution in [-0.2, 0) is 11.3 Å². The molecule has 1 aliphatic rings. The summed E-state index contributed by atoms with van der Waals surface area (Å²) in [5.41, 5.74) is 9.24. The van der Waals surface area contributed by atoms with Gasteiger partial charge in [0, 0.05) is 24.3 Å². The first kappa shape index (κ1) is 17.2. The minimum atomic E-state index is -0.322. The van der Waals surface area contributed by atoms with Gasteiger partial charge in [-0.3, -0.25) is 14.3 Å². The van der Waals surface area contributed by atoms with Gasteiger partial charge in [-0.15, -0.1) is 0 Å². The summed E-state index contributed by atoms with van der Waals surface area (Å²) >= 11 is 0. The Kier molecular flexibility index (Phi) is 4.88. The topological polar surface area (TPSA) is 81.2 Å². The second-order valence-corrected chi connectivity index (χ2v) is 6.77. The Balaban J connectivity index is 1.68. The van der Waals surface area contributed by atoms with Gasteiger partial charge >= 0.3 is 0 Å². The standard InChI is InChI=1S/C19H24N4O2/c1-13-10-14(2)23(21-13)11-15-5-7-16(8-6-15)19(25)22-9-3-4-17(12-22)18(20)24/h5-8,10,17H,3-4,9,11-12H2,1-2H3,(H2,20,24)/t17-/m1/s1. The largest absolute Gasteiger partial charge is 0.369 e. The summed E-state index contributed by atoms with van der Waals surface area (Å²) < 4.78 is 1.95. The third kappa shape index (κ3) is 3.90. The molecule has 0 aliphatic carbocycles. The molecule has 6 nitrogen and oxygen atoms in total. The Labute approximate surface area is 147 Å². The Hall–Kier alpha value is -2.63. The average Bonchev–Trinajstić information content (AvgIpc) is 2.92. The van der Waals surface area contributed by atoms with E-state index < -0.39 is 0 Å². The third-order valence-electron chi connectivity index (χ3n) is 4.75. The summed E-state index contributed by atoms with van der Waals surface area (Å²) in [4.78, 5) is 25.8. The molecule has 132 valence electrons. The lowest BCUT2D eigenvalue weighted by atomic mass is 9.97. The molecule has 1 fully saturated rings. The molecule has 2 amide bonds. The number of aromatic nitrogens is 2. The van der Waals surface area contributed by atoms with E-state index in [1.54, 1.807) is 4.90 Å². The molecule has 1 atom stereocenters. The molecule has 1 aliphatic heterocycles. The molecule has 2 aromatic rings. The van der Waals surface area contributed by atoms with Crippen molar-refractivity contribution in [1.82, 2.24) is 14.7 Å². The lowest BCUT2D eigenvalue weighted by molar-refractivity contribution is -0.123. The van der Waals surface area contributed by atoms with Crippen molar-refractivity contribution in [3.63, 3.8) is 0 Å². The molecule has 2 N–H and O–H groups in total. The molecule has 1 aromatic carbocycles. The minimum absolute atomic E-state index is 0.0383. The molecular weight excluding hydrogens is 316 g/mol. The van der Waals surface area contributed by atoms with Crippen molar-refractivity contribution in [3.05, 3.63) is 52.8 Å². The number of nitrogens with zero attached hydrogens (tertiary/aromatic N) is 3. The number of benzene rings is 1. The highest BCUT2D eigenvalue weighted by atomic mass is 16.2. The second-order valence-electron chi connectivity index (χ2n) is 6.77. The molecule has 1 aromatic heterocycles. The van der Waals surface area contributed by atoms with Crippen molar-refractivity contribution in [3.8, 4) is 0 Å². The Morgan fingerprint density at radius 1 is 1.24 bits per heavy atom. The first-order valence-electron chi connectivity index (χ1n) is 8.62. The fourth-order valence-corrected chi connectivity index (χ4v) is 3.34. The predicted octanol–water partition coefficient (Wildman–Crippen LogP) is 1.89. The van der Waals surface area contributed by atoms with Gasteiger partial charge in [0.15, 0.2) is 0 Å². The van der Waals surface area contributed by atoms with Gasteiger partial charge in [0.2, 0.25) is 5.91 Å². The number of aryl methyl sites for hydroxylation is 2. The van der Waals surface area contributed by atoms with E-state index in [0.717, 1.165) is 29.8 Å². The number of likely N-dealkylation sites (tertiary alicyclic amines) is 1. The third-order valence-corrected chi connectivity index (χ3v) is 4.75. The van der Waals surface area contributed by atoms with Crippen molar-refractivity contribution in [2.75, 3.05) is 13.1 Å². The van der Waals surface area contributed by atoms with Crippen molar-refractivity contribution in [2.45, 2.75) is 33.2 Å². The molecule has 0 bridgehead atoms. The van der Waals surface area contributed by atoms with Crippen LogP contribution in [0.4, 0.5) is 0 Å². The van der Waals surface area contributed by atoms with Crippen LogP contribution in [0.5, 0.6) is 0 Å². The van der Waals surface area contributed by atoms with Crippen LogP contribution in [0.2, 0.25) is 0 Å². The smallest absolute Gasteiger partial charge is 0.253 e. The number of hydrogen-bond acceptors (Lipinski definition) is 3. The lowest BCUT2D eigenvalue weighted by Gasteiger charge is -2.31. The van der Waals surface area contributed by atoms with Crippen LogP contribution < -0.4 is 5.73 Å². The van der Waals surface area contributed by atoms with Crippen LogP contribution in [0.15, 0.2) is 30.3 Å². The number of amides is 2. The Morgan fingerprint density at radius 3 is 2.56 bits per heavy atom. The van der Waals surface area contributed by atoms with Crippen molar-refractivity contribution in [1.29, 1.82) is 0 Å². The number of rotatable bonds is 4. The van der Waals surface area contributed by atoms with E-state index >= 15 is 0 Å². The van der Waals surface area contributed by atoms with Crippen LogP contribution in [0.3, 0.4) is 0 Å². The Morgan fingerprint density at radius 2 is 1.96 bits per heavy atom. The van der Waals surface area contributed by atoms with Gasteiger partial charge in [-0.25, -0.2) is 0 Å². The van der Waals surface area contributed by atoms with Crippen LogP contribution in [0.25, 0.3) is 0 Å². The summed E-state index contributed by atoms with van der Waals surface area (Å²) in [6.07, 6.45) is 1.58. The summed E-state index contributed by atoms with van der Waals surface area (Å²) in [7, 11) is 0. The molecule has 0 spiro atoms. The quantitative estimate of drug-likeness (QED) is 0.923. The van der Waals surface area contributed by atoms with E-state index in [2.05, 4.69) is 5.10 Å². The molecule has 0 radical (unpaired) electrons. The zero-order chi connectivity index (χ0) is 18.0. The minimum Gasteiger partial charge on any atom is -0.369 e. The van der Waals surface area contributed by atoms with E-state index in [0.29, 0.717) is 25.2 Å². The normalized spacial score (nSPS) is 17.5. The highest BCUT2D eigenvalue weighted by Crippen LogP contribution is 2.19. The highest BCUT2D eigenvalue weighted by molar-refractivity contribution is 5.94. The van der Waals surface area contributed by atoms with Crippen LogP contribution in [-0.4, -0.2) is 39.6 Å². The van der Waals surface area contributed by atoms with Crippen LogP contribution in [0.1, 0.15) is 40.2 Å². The molecule has 0 unspecified atom stereocenters. The van der Waals surface area contributed by atoms with E-state index in [1.165, 1.54) is 0 Å². The fraction of sp³-hybridized carbons (Fsp3) is 0.421. The van der Waals surface area contributed by atoms with Crippen LogP contribution >= 0.6 is 0 Å². The van der Waals surface area contributed by atoms with Crippen molar-refractivity contribution < 1.29 is 9.59 Å². The lowest BCUT2D eigenvalue weighted by Crippen LogP contribution is -2.44. The van der Waals surface area contributed by atoms with Gasteiger partial charge in [0.05, 0.1) is 18.2 Å². The number of primary amides is 1. The van der Waals surface area contributed by atoms with Crippen LogP contribution in [0, 0.1) is 19.8 Å². The number of nitrogens with two attached hydrogens (primary N) is 1. The fourth-order valence-electron chi connectivity index (χ4n) is 3.34. The summed E-state index contributed by atoms with van der Waals surface area (Å²) in [6.45, 7) is 5.78. The van der Waals surface area contributed by atoms with Gasteiger partial charge in [-0.05, 0) is 50.5 Å². The molecule has 6 heteroatoms. The molecule has 2 heterocycles. The first-order valence-corrected chi connectivity index (χ1v) is 8.62. The first-order chi connectivity index (χ1) is 11.9. The number of carbonyl (C=O) groups excluding carboxylic acids is 2. The number of carbonyl (C=O) groups is 2. The monoisotopic (exact) mass is 340 g/mol. The maximum atomic E-state index is 12.7. The van der Waals surface area contributed by atoms with E-state index in [4.69, 9.17) is 5.73 Å². The molecular formula is C19H24N4O2.